The van der Waals surface area contributed by atoms with Crippen LogP contribution in [0, 0.1) is 11.3 Å². The summed E-state index contributed by atoms with van der Waals surface area (Å²) in [6, 6.07) is 4.62. The van der Waals surface area contributed by atoms with Gasteiger partial charge in [0.15, 0.2) is 5.82 Å². The van der Waals surface area contributed by atoms with Crippen LogP contribution in [0.4, 0.5) is 10.5 Å². The lowest BCUT2D eigenvalue weighted by Crippen LogP contribution is -2.54. The summed E-state index contributed by atoms with van der Waals surface area (Å²) in [7, 11) is 0. The molecule has 9 nitrogen and oxygen atoms in total. The first-order chi connectivity index (χ1) is 14.2. The van der Waals surface area contributed by atoms with Crippen molar-refractivity contribution < 1.29 is 14.4 Å². The van der Waals surface area contributed by atoms with Crippen LogP contribution in [0.3, 0.4) is 0 Å². The number of imide groups is 1. The minimum absolute atomic E-state index is 0.0623. The van der Waals surface area contributed by atoms with Crippen LogP contribution in [0.1, 0.15) is 40.0 Å². The van der Waals surface area contributed by atoms with E-state index in [0.29, 0.717) is 30.3 Å². The average molecular weight is 410 g/mol. The fraction of sp³-hybridized carbons (Fsp3) is 0.476. The number of carbonyl (C=O) groups excluding carboxylic acids is 3. The van der Waals surface area contributed by atoms with Crippen molar-refractivity contribution in [3.8, 4) is 5.82 Å². The molecule has 2 aliphatic rings. The quantitative estimate of drug-likeness (QED) is 0.752. The molecule has 1 saturated heterocycles. The predicted molar refractivity (Wildman–Crippen MR) is 110 cm³/mol. The fourth-order valence-electron chi connectivity index (χ4n) is 5.05. The first kappa shape index (κ1) is 20.1. The first-order valence-electron chi connectivity index (χ1n) is 10.1. The molecule has 2 fully saturated rings. The number of nitrogens with zero attached hydrogens (tertiary/aromatic N) is 4. The van der Waals surface area contributed by atoms with E-state index in [4.69, 9.17) is 0 Å². The van der Waals surface area contributed by atoms with Gasteiger partial charge < -0.3 is 10.6 Å². The molecule has 4 amide bonds. The number of anilines is 1. The highest BCUT2D eigenvalue weighted by molar-refractivity contribution is 6.10. The lowest BCUT2D eigenvalue weighted by atomic mass is 9.64. The Balaban J connectivity index is 1.50. The number of rotatable bonds is 4. The van der Waals surface area contributed by atoms with Crippen LogP contribution >= 0.6 is 0 Å². The summed E-state index contributed by atoms with van der Waals surface area (Å²) in [5, 5.41) is 9.77. The van der Waals surface area contributed by atoms with Crippen LogP contribution in [0.25, 0.3) is 5.82 Å². The topological polar surface area (TPSA) is 109 Å². The number of nitrogens with one attached hydrogen (secondary N) is 2. The summed E-state index contributed by atoms with van der Waals surface area (Å²) in [5.74, 6) is -0.0352. The minimum Gasteiger partial charge on any atom is -0.323 e. The van der Waals surface area contributed by atoms with E-state index in [1.807, 2.05) is 0 Å². The Morgan fingerprint density at radius 2 is 2.07 bits per heavy atom. The van der Waals surface area contributed by atoms with Crippen molar-refractivity contribution in [3.05, 3.63) is 36.8 Å². The number of hydrogen-bond acceptors (Lipinski definition) is 5. The molecule has 1 spiro atoms. The van der Waals surface area contributed by atoms with E-state index in [0.717, 1.165) is 11.3 Å². The van der Waals surface area contributed by atoms with Crippen molar-refractivity contribution in [2.75, 3.05) is 11.9 Å². The van der Waals surface area contributed by atoms with Gasteiger partial charge in [-0.2, -0.15) is 5.10 Å². The van der Waals surface area contributed by atoms with Gasteiger partial charge in [-0.05, 0) is 48.8 Å². The van der Waals surface area contributed by atoms with Crippen LogP contribution in [-0.2, 0) is 9.59 Å². The van der Waals surface area contributed by atoms with E-state index in [9.17, 15) is 14.4 Å². The normalized spacial score (nSPS) is 25.4. The van der Waals surface area contributed by atoms with E-state index >= 15 is 0 Å². The Morgan fingerprint density at radius 1 is 1.27 bits per heavy atom. The van der Waals surface area contributed by atoms with Crippen molar-refractivity contribution in [3.63, 3.8) is 0 Å². The van der Waals surface area contributed by atoms with Crippen molar-refractivity contribution in [2.45, 2.75) is 45.6 Å². The Bertz CT molecular complexity index is 986. The first-order valence-corrected chi connectivity index (χ1v) is 10.1. The highest BCUT2D eigenvalue weighted by Gasteiger charge is 2.56. The second-order valence-electron chi connectivity index (χ2n) is 9.13. The van der Waals surface area contributed by atoms with E-state index in [1.165, 1.54) is 4.68 Å². The van der Waals surface area contributed by atoms with Gasteiger partial charge in [0.25, 0.3) is 5.91 Å². The standard InChI is InChI=1S/C21H26N6O3/c1-14-10-20(2,3)13-21(11-14)18(29)26(19(30)25-21)12-16(28)24-15-6-4-7-22-17(15)27-9-5-8-23-27/h4-9,14H,10-13H2,1-3H3,(H,24,28)(H,25,30)/t14-,21+/m1/s1. The molecule has 2 aromatic heterocycles. The summed E-state index contributed by atoms with van der Waals surface area (Å²) in [6.45, 7) is 5.96. The van der Waals surface area contributed by atoms with Gasteiger partial charge in [-0.1, -0.05) is 20.8 Å². The monoisotopic (exact) mass is 410 g/mol. The molecule has 0 aromatic carbocycles. The molecule has 2 atom stereocenters. The smallest absolute Gasteiger partial charge is 0.323 e. The molecule has 0 bridgehead atoms. The largest absolute Gasteiger partial charge is 0.325 e. The highest BCUT2D eigenvalue weighted by atomic mass is 16.2. The summed E-state index contributed by atoms with van der Waals surface area (Å²) in [6.07, 6.45) is 7.07. The predicted octanol–water partition coefficient (Wildman–Crippen LogP) is 2.34. The third-order valence-corrected chi connectivity index (χ3v) is 5.71. The number of urea groups is 1. The van der Waals surface area contributed by atoms with E-state index in [2.05, 4.69) is 41.5 Å². The second kappa shape index (κ2) is 7.23. The maximum atomic E-state index is 13.2. The third-order valence-electron chi connectivity index (χ3n) is 5.71. The minimum atomic E-state index is -0.924. The Morgan fingerprint density at radius 3 is 2.77 bits per heavy atom. The molecule has 9 heteroatoms. The van der Waals surface area contributed by atoms with Crippen molar-refractivity contribution in [1.29, 1.82) is 0 Å². The maximum Gasteiger partial charge on any atom is 0.325 e. The molecule has 4 rings (SSSR count). The molecular formula is C21H26N6O3. The molecule has 1 aliphatic heterocycles. The van der Waals surface area contributed by atoms with Gasteiger partial charge in [0.05, 0.1) is 5.69 Å². The van der Waals surface area contributed by atoms with E-state index in [1.54, 1.807) is 36.8 Å². The zero-order valence-corrected chi connectivity index (χ0v) is 17.4. The molecule has 2 aromatic rings. The summed E-state index contributed by atoms with van der Waals surface area (Å²) >= 11 is 0. The molecule has 1 aliphatic carbocycles. The maximum absolute atomic E-state index is 13.2. The van der Waals surface area contributed by atoms with Crippen molar-refractivity contribution >= 4 is 23.5 Å². The van der Waals surface area contributed by atoms with Gasteiger partial charge in [-0.15, -0.1) is 0 Å². The zero-order chi connectivity index (χ0) is 21.5. The Hall–Kier alpha value is -3.23. The summed E-state index contributed by atoms with van der Waals surface area (Å²) < 4.78 is 1.53. The van der Waals surface area contributed by atoms with Gasteiger partial charge in [0.1, 0.15) is 12.1 Å². The molecule has 158 valence electrons. The average Bonchev–Trinajstić information content (AvgIpc) is 3.24. The van der Waals surface area contributed by atoms with Gasteiger partial charge in [-0.25, -0.2) is 14.5 Å². The zero-order valence-electron chi connectivity index (χ0n) is 17.4. The van der Waals surface area contributed by atoms with Gasteiger partial charge >= 0.3 is 6.03 Å². The molecule has 0 radical (unpaired) electrons. The Kier molecular flexibility index (Phi) is 4.83. The molecule has 3 heterocycles. The van der Waals surface area contributed by atoms with Gasteiger partial charge in [-0.3, -0.25) is 14.5 Å². The number of hydrogen-bond donors (Lipinski definition) is 2. The number of aromatic nitrogens is 3. The van der Waals surface area contributed by atoms with E-state index < -0.39 is 17.5 Å². The lowest BCUT2D eigenvalue weighted by molar-refractivity contribution is -0.136. The van der Waals surface area contributed by atoms with Crippen LogP contribution in [-0.4, -0.2) is 49.6 Å². The van der Waals surface area contributed by atoms with Crippen molar-refractivity contribution in [1.82, 2.24) is 25.0 Å². The number of pyridine rings is 1. The molecule has 2 N–H and O–H groups in total. The fourth-order valence-corrected chi connectivity index (χ4v) is 5.05. The SMILES string of the molecule is C[C@@H]1CC(C)(C)C[C@]2(C1)NC(=O)N(CC(=O)Nc1cccnc1-n1cccn1)C2=O. The number of carbonyl (C=O) groups is 3. The number of amides is 4. The summed E-state index contributed by atoms with van der Waals surface area (Å²) in [5.41, 5.74) is -0.541. The van der Waals surface area contributed by atoms with Crippen LogP contribution in [0.5, 0.6) is 0 Å². The molecule has 30 heavy (non-hydrogen) atoms. The van der Waals surface area contributed by atoms with E-state index in [-0.39, 0.29) is 17.9 Å². The Labute approximate surface area is 174 Å². The second-order valence-corrected chi connectivity index (χ2v) is 9.13. The molecular weight excluding hydrogens is 384 g/mol. The van der Waals surface area contributed by atoms with Crippen LogP contribution in [0.15, 0.2) is 36.8 Å². The molecule has 1 saturated carbocycles. The lowest BCUT2D eigenvalue weighted by Gasteiger charge is -2.43. The van der Waals surface area contributed by atoms with Gasteiger partial charge in [0, 0.05) is 18.6 Å². The summed E-state index contributed by atoms with van der Waals surface area (Å²) in [4.78, 5) is 43.8. The van der Waals surface area contributed by atoms with Crippen LogP contribution < -0.4 is 10.6 Å². The van der Waals surface area contributed by atoms with Crippen molar-refractivity contribution in [2.24, 2.45) is 11.3 Å². The van der Waals surface area contributed by atoms with Gasteiger partial charge in [0.2, 0.25) is 5.91 Å². The molecule has 0 unspecified atom stereocenters. The highest BCUT2D eigenvalue weighted by Crippen LogP contribution is 2.46. The van der Waals surface area contributed by atoms with Crippen LogP contribution in [0.2, 0.25) is 0 Å². The third kappa shape index (κ3) is 3.67.